The Morgan fingerprint density at radius 3 is 2.34 bits per heavy atom. The molecule has 8 heteroatoms. The van der Waals surface area contributed by atoms with Crippen LogP contribution in [-0.4, -0.2) is 22.7 Å². The molecule has 0 amide bonds. The Hall–Kier alpha value is -1.66. The van der Waals surface area contributed by atoms with E-state index in [0.29, 0.717) is 33.1 Å². The number of halogens is 4. The van der Waals surface area contributed by atoms with Gasteiger partial charge in [0.15, 0.2) is 0 Å². The van der Waals surface area contributed by atoms with Gasteiger partial charge in [0.25, 0.3) is 0 Å². The van der Waals surface area contributed by atoms with Crippen LogP contribution in [-0.2, 0) is 11.3 Å². The number of benzene rings is 3. The Kier molecular flexibility index (Phi) is 7.72. The van der Waals surface area contributed by atoms with E-state index in [-0.39, 0.29) is 0 Å². The molecular formula is C24H18Cl4N2OS. The maximum Gasteiger partial charge on any atom is 0.243 e. The Morgan fingerprint density at radius 1 is 0.969 bits per heavy atom. The van der Waals surface area contributed by atoms with Gasteiger partial charge in [-0.25, -0.2) is 9.41 Å². The minimum atomic E-state index is -0.827. The molecule has 1 atom stereocenters. The van der Waals surface area contributed by atoms with Crippen molar-refractivity contribution in [2.45, 2.75) is 17.9 Å². The highest BCUT2D eigenvalue weighted by molar-refractivity contribution is 7.98. The van der Waals surface area contributed by atoms with Gasteiger partial charge >= 0.3 is 0 Å². The van der Waals surface area contributed by atoms with Gasteiger partial charge in [-0.15, -0.1) is 11.8 Å². The molecule has 0 N–H and O–H groups in total. The number of rotatable bonds is 6. The van der Waals surface area contributed by atoms with Crippen LogP contribution in [0.5, 0.6) is 0 Å². The van der Waals surface area contributed by atoms with Gasteiger partial charge in [-0.2, -0.15) is 0 Å². The number of hydrogen-bond acceptors (Lipinski definition) is 4. The Balaban J connectivity index is 1.77. The molecule has 1 heterocycles. The van der Waals surface area contributed by atoms with Crippen molar-refractivity contribution < 1.29 is 4.74 Å². The normalized spacial score (nSPS) is 16.3. The topological polar surface area (TPSA) is 24.8 Å². The van der Waals surface area contributed by atoms with E-state index in [1.807, 2.05) is 66.9 Å². The molecule has 0 fully saturated rings. The van der Waals surface area contributed by atoms with Gasteiger partial charge in [0.1, 0.15) is 5.16 Å². The fourth-order valence-corrected chi connectivity index (χ4v) is 4.63. The second-order valence-electron chi connectivity index (χ2n) is 6.93. The zero-order chi connectivity index (χ0) is 22.7. The van der Waals surface area contributed by atoms with Crippen molar-refractivity contribution in [3.05, 3.63) is 105 Å². The lowest BCUT2D eigenvalue weighted by Crippen LogP contribution is -2.33. The monoisotopic (exact) mass is 522 g/mol. The molecule has 1 aliphatic heterocycles. The largest absolute Gasteiger partial charge is 0.333 e. The van der Waals surface area contributed by atoms with Crippen molar-refractivity contribution in [2.75, 3.05) is 6.26 Å². The molecule has 0 saturated heterocycles. The minimum Gasteiger partial charge on any atom is -0.333 e. The molecule has 0 spiro atoms. The highest BCUT2D eigenvalue weighted by atomic mass is 35.5. The summed E-state index contributed by atoms with van der Waals surface area (Å²) in [5, 5.41) is 1.48. The van der Waals surface area contributed by atoms with Gasteiger partial charge in [0, 0.05) is 32.8 Å². The van der Waals surface area contributed by atoms with Gasteiger partial charge in [0.2, 0.25) is 6.35 Å². The number of aliphatic imine (C=N–C) groups is 1. The van der Waals surface area contributed by atoms with Crippen LogP contribution in [0, 0.1) is 0 Å². The summed E-state index contributed by atoms with van der Waals surface area (Å²) in [7, 11) is 0. The van der Waals surface area contributed by atoms with Gasteiger partial charge < -0.3 is 4.74 Å². The summed E-state index contributed by atoms with van der Waals surface area (Å²) in [6, 6.07) is 23.0. The van der Waals surface area contributed by atoms with E-state index >= 15 is 0 Å². The van der Waals surface area contributed by atoms with E-state index in [1.54, 1.807) is 23.9 Å². The lowest BCUT2D eigenvalue weighted by molar-refractivity contribution is -0.00905. The molecule has 3 aromatic carbocycles. The lowest BCUT2D eigenvalue weighted by atomic mass is 9.95. The van der Waals surface area contributed by atoms with Crippen molar-refractivity contribution in [3.8, 4) is 0 Å². The molecule has 1 unspecified atom stereocenters. The van der Waals surface area contributed by atoms with Crippen LogP contribution in [0.3, 0.4) is 0 Å². The molecule has 1 aliphatic rings. The van der Waals surface area contributed by atoms with Crippen LogP contribution >= 0.6 is 58.3 Å². The SMILES string of the molecule is CSc1ccc(C2=NC(OCc3ccccc3)N(Cl)C(Cl)=C2c2ccc(Cl)cc2)c(Cl)c1. The van der Waals surface area contributed by atoms with Crippen molar-refractivity contribution >= 4 is 69.6 Å². The second-order valence-corrected chi connectivity index (χ2v) is 9.38. The van der Waals surface area contributed by atoms with Crippen molar-refractivity contribution in [2.24, 2.45) is 4.99 Å². The minimum absolute atomic E-state index is 0.294. The summed E-state index contributed by atoms with van der Waals surface area (Å²) in [5.41, 5.74) is 3.81. The first-order valence-electron chi connectivity index (χ1n) is 9.66. The zero-order valence-electron chi connectivity index (χ0n) is 16.9. The molecule has 3 nitrogen and oxygen atoms in total. The first-order chi connectivity index (χ1) is 15.5. The molecule has 0 aliphatic carbocycles. The quantitative estimate of drug-likeness (QED) is 0.185. The molecule has 3 aromatic rings. The summed E-state index contributed by atoms with van der Waals surface area (Å²) in [5.74, 6) is 0. The van der Waals surface area contributed by atoms with Crippen LogP contribution in [0.15, 0.2) is 87.8 Å². The Bertz CT molecular complexity index is 1170. The predicted molar refractivity (Wildman–Crippen MR) is 137 cm³/mol. The number of allylic oxidation sites excluding steroid dienone is 1. The van der Waals surface area contributed by atoms with Crippen LogP contribution in [0.1, 0.15) is 16.7 Å². The van der Waals surface area contributed by atoms with Crippen LogP contribution in [0.25, 0.3) is 5.57 Å². The first kappa shape index (κ1) is 23.5. The molecule has 0 bridgehead atoms. The fourth-order valence-electron chi connectivity index (χ4n) is 3.27. The van der Waals surface area contributed by atoms with Crippen molar-refractivity contribution in [3.63, 3.8) is 0 Å². The number of nitrogens with zero attached hydrogens (tertiary/aromatic N) is 2. The van der Waals surface area contributed by atoms with E-state index in [0.717, 1.165) is 21.6 Å². The summed E-state index contributed by atoms with van der Waals surface area (Å²) >= 11 is 27.7. The molecule has 0 radical (unpaired) electrons. The Morgan fingerprint density at radius 2 is 1.69 bits per heavy atom. The van der Waals surface area contributed by atoms with Gasteiger partial charge in [-0.3, -0.25) is 0 Å². The maximum atomic E-state index is 6.77. The highest BCUT2D eigenvalue weighted by Crippen LogP contribution is 2.38. The molecule has 4 rings (SSSR count). The van der Waals surface area contributed by atoms with Crippen LogP contribution < -0.4 is 0 Å². The number of ether oxygens (including phenoxy) is 1. The molecular weight excluding hydrogens is 506 g/mol. The summed E-state index contributed by atoms with van der Waals surface area (Å²) in [6.07, 6.45) is 1.17. The van der Waals surface area contributed by atoms with E-state index in [4.69, 9.17) is 56.3 Å². The molecule has 0 aromatic heterocycles. The summed E-state index contributed by atoms with van der Waals surface area (Å²) < 4.78 is 7.30. The summed E-state index contributed by atoms with van der Waals surface area (Å²) in [4.78, 5) is 5.87. The first-order valence-corrected chi connectivity index (χ1v) is 12.4. The lowest BCUT2D eigenvalue weighted by Gasteiger charge is -2.31. The zero-order valence-corrected chi connectivity index (χ0v) is 20.8. The van der Waals surface area contributed by atoms with E-state index in [9.17, 15) is 0 Å². The smallest absolute Gasteiger partial charge is 0.243 e. The van der Waals surface area contributed by atoms with Gasteiger partial charge in [-0.05, 0) is 41.6 Å². The average molecular weight is 524 g/mol. The third-order valence-electron chi connectivity index (χ3n) is 4.87. The third-order valence-corrected chi connectivity index (χ3v) is 6.95. The van der Waals surface area contributed by atoms with E-state index < -0.39 is 6.35 Å². The maximum absolute atomic E-state index is 6.77. The fraction of sp³-hybridized carbons (Fsp3) is 0.125. The number of thioether (sulfide) groups is 1. The molecule has 0 saturated carbocycles. The van der Waals surface area contributed by atoms with Crippen LogP contribution in [0.2, 0.25) is 10.0 Å². The van der Waals surface area contributed by atoms with Crippen molar-refractivity contribution in [1.29, 1.82) is 0 Å². The molecule has 164 valence electrons. The van der Waals surface area contributed by atoms with E-state index in [2.05, 4.69) is 0 Å². The number of hydrogen-bond donors (Lipinski definition) is 0. The summed E-state index contributed by atoms with van der Waals surface area (Å²) in [6.45, 7) is 0.325. The standard InChI is InChI=1S/C24H18Cl4N2OS/c1-32-18-11-12-19(20(26)13-18)22-21(16-7-9-17(25)10-8-16)23(27)30(28)24(29-22)31-14-15-5-3-2-4-6-15/h2-13,24H,14H2,1H3. The Labute approximate surface area is 211 Å². The predicted octanol–water partition coefficient (Wildman–Crippen LogP) is 8.08. The van der Waals surface area contributed by atoms with Gasteiger partial charge in [0.05, 0.1) is 17.3 Å². The highest BCUT2D eigenvalue weighted by Gasteiger charge is 2.32. The van der Waals surface area contributed by atoms with E-state index in [1.165, 1.54) is 4.42 Å². The van der Waals surface area contributed by atoms with Gasteiger partial charge in [-0.1, -0.05) is 83.3 Å². The molecule has 32 heavy (non-hydrogen) atoms. The second kappa shape index (κ2) is 10.5. The van der Waals surface area contributed by atoms with Crippen molar-refractivity contribution in [1.82, 2.24) is 4.42 Å². The average Bonchev–Trinajstić information content (AvgIpc) is 2.81. The van der Waals surface area contributed by atoms with Crippen LogP contribution in [0.4, 0.5) is 0 Å². The third kappa shape index (κ3) is 5.12.